The molecule has 2 saturated heterocycles. The summed E-state index contributed by atoms with van der Waals surface area (Å²) in [5.41, 5.74) is 2.27. The molecule has 2 aromatic heterocycles. The Labute approximate surface area is 172 Å². The van der Waals surface area contributed by atoms with Crippen molar-refractivity contribution >= 4 is 34.3 Å². The minimum atomic E-state index is -0.994. The number of nitrogens with one attached hydrogen (secondary N) is 1. The predicted molar refractivity (Wildman–Crippen MR) is 110 cm³/mol. The van der Waals surface area contributed by atoms with Crippen molar-refractivity contribution in [3.63, 3.8) is 0 Å². The number of anilines is 1. The van der Waals surface area contributed by atoms with Gasteiger partial charge in [0.1, 0.15) is 5.82 Å². The average molecular weight is 414 g/mol. The number of rotatable bonds is 4. The molecule has 0 saturated carbocycles. The van der Waals surface area contributed by atoms with Gasteiger partial charge in [0, 0.05) is 47.2 Å². The number of carboxylic acid groups (broad SMARTS) is 1. The van der Waals surface area contributed by atoms with Gasteiger partial charge in [-0.05, 0) is 30.7 Å². The molecule has 4 heterocycles. The van der Waals surface area contributed by atoms with Crippen LogP contribution in [0.2, 0.25) is 5.02 Å². The SMILES string of the molecule is COc1nc(N2CC3COC(C3)C2)ccc1-c1cc2c(C(=O)O)c[nH]c2cc1Cl. The van der Waals surface area contributed by atoms with Crippen molar-refractivity contribution in [3.8, 4) is 17.0 Å². The van der Waals surface area contributed by atoms with Gasteiger partial charge in [0.2, 0.25) is 5.88 Å². The van der Waals surface area contributed by atoms with Gasteiger partial charge >= 0.3 is 5.97 Å². The van der Waals surface area contributed by atoms with Crippen LogP contribution in [-0.4, -0.2) is 54.0 Å². The maximum atomic E-state index is 11.5. The van der Waals surface area contributed by atoms with E-state index in [1.165, 1.54) is 6.20 Å². The number of carboxylic acids is 1. The fourth-order valence-corrected chi connectivity index (χ4v) is 4.61. The number of carbonyl (C=O) groups is 1. The summed E-state index contributed by atoms with van der Waals surface area (Å²) in [5, 5.41) is 10.5. The van der Waals surface area contributed by atoms with Crippen LogP contribution in [-0.2, 0) is 4.74 Å². The van der Waals surface area contributed by atoms with E-state index in [1.807, 2.05) is 12.1 Å². The molecule has 29 heavy (non-hydrogen) atoms. The third-order valence-corrected chi connectivity index (χ3v) is 6.03. The average Bonchev–Trinajstić information content (AvgIpc) is 3.28. The Kier molecular flexibility index (Phi) is 4.37. The molecule has 2 aliphatic rings. The monoisotopic (exact) mass is 413 g/mol. The van der Waals surface area contributed by atoms with Crippen LogP contribution in [0, 0.1) is 5.92 Å². The zero-order chi connectivity index (χ0) is 20.1. The second kappa shape index (κ2) is 6.93. The molecule has 0 radical (unpaired) electrons. The number of hydrogen-bond acceptors (Lipinski definition) is 5. The zero-order valence-corrected chi connectivity index (χ0v) is 16.6. The van der Waals surface area contributed by atoms with Gasteiger partial charge in [-0.25, -0.2) is 4.79 Å². The van der Waals surface area contributed by atoms with Crippen molar-refractivity contribution in [2.45, 2.75) is 12.5 Å². The molecule has 0 amide bonds. The Morgan fingerprint density at radius 3 is 2.97 bits per heavy atom. The number of nitrogens with zero attached hydrogens (tertiary/aromatic N) is 2. The molecule has 3 aromatic rings. The van der Waals surface area contributed by atoms with Crippen molar-refractivity contribution in [2.24, 2.45) is 5.92 Å². The fraction of sp³-hybridized carbons (Fsp3) is 0.333. The number of ether oxygens (including phenoxy) is 2. The lowest BCUT2D eigenvalue weighted by molar-refractivity contribution is 0.0699. The number of pyridine rings is 1. The highest BCUT2D eigenvalue weighted by molar-refractivity contribution is 6.34. The number of aromatic nitrogens is 2. The fourth-order valence-electron chi connectivity index (χ4n) is 4.35. The first kappa shape index (κ1) is 18.3. The minimum Gasteiger partial charge on any atom is -0.480 e. The summed E-state index contributed by atoms with van der Waals surface area (Å²) in [6.45, 7) is 2.56. The molecule has 0 aliphatic carbocycles. The first-order valence-electron chi connectivity index (χ1n) is 9.49. The summed E-state index contributed by atoms with van der Waals surface area (Å²) < 4.78 is 11.4. The molecule has 2 fully saturated rings. The summed E-state index contributed by atoms with van der Waals surface area (Å²) in [6.07, 6.45) is 2.85. The van der Waals surface area contributed by atoms with Gasteiger partial charge in [0.05, 0.1) is 30.4 Å². The van der Waals surface area contributed by atoms with Gasteiger partial charge in [0.15, 0.2) is 0 Å². The molecule has 2 atom stereocenters. The number of benzene rings is 1. The first-order chi connectivity index (χ1) is 14.0. The molecule has 2 aliphatic heterocycles. The van der Waals surface area contributed by atoms with Gasteiger partial charge in [-0.15, -0.1) is 0 Å². The van der Waals surface area contributed by atoms with Crippen molar-refractivity contribution in [2.75, 3.05) is 31.7 Å². The number of hydrogen-bond donors (Lipinski definition) is 2. The van der Waals surface area contributed by atoms with Crippen LogP contribution in [0.5, 0.6) is 5.88 Å². The Balaban J connectivity index is 1.56. The highest BCUT2D eigenvalue weighted by Crippen LogP contribution is 2.39. The van der Waals surface area contributed by atoms with E-state index in [0.717, 1.165) is 37.5 Å². The van der Waals surface area contributed by atoms with Crippen molar-refractivity contribution in [1.29, 1.82) is 0 Å². The van der Waals surface area contributed by atoms with Crippen LogP contribution in [0.15, 0.2) is 30.5 Å². The van der Waals surface area contributed by atoms with Gasteiger partial charge in [-0.2, -0.15) is 4.98 Å². The summed E-state index contributed by atoms with van der Waals surface area (Å²) in [7, 11) is 1.57. The lowest BCUT2D eigenvalue weighted by atomic mass is 10.00. The number of piperidine rings is 1. The molecule has 2 N–H and O–H groups in total. The number of aromatic amines is 1. The maximum Gasteiger partial charge on any atom is 0.337 e. The van der Waals surface area contributed by atoms with E-state index in [2.05, 4.69) is 9.88 Å². The second-order valence-corrected chi connectivity index (χ2v) is 7.98. The molecule has 1 aromatic carbocycles. The molecular formula is C21H20ClN3O4. The van der Waals surface area contributed by atoms with E-state index in [-0.39, 0.29) is 11.7 Å². The molecule has 150 valence electrons. The van der Waals surface area contributed by atoms with Crippen molar-refractivity contribution in [1.82, 2.24) is 9.97 Å². The van der Waals surface area contributed by atoms with E-state index in [4.69, 9.17) is 26.1 Å². The van der Waals surface area contributed by atoms with E-state index in [9.17, 15) is 9.90 Å². The number of aromatic carboxylic acids is 1. The largest absolute Gasteiger partial charge is 0.480 e. The lowest BCUT2D eigenvalue weighted by Gasteiger charge is -2.31. The highest BCUT2D eigenvalue weighted by atomic mass is 35.5. The van der Waals surface area contributed by atoms with E-state index in [0.29, 0.717) is 33.3 Å². The van der Waals surface area contributed by atoms with Gasteiger partial charge in [0.25, 0.3) is 0 Å². The standard InChI is InChI=1S/C21H20ClN3O4/c1-28-20-13(2-3-19(24-20)25-8-11-4-12(9-25)29-10-11)14-5-15-16(21(26)27)7-23-18(15)6-17(14)22/h2-3,5-7,11-12,23H,4,8-10H2,1H3,(H,26,27). The van der Waals surface area contributed by atoms with Crippen molar-refractivity contribution in [3.05, 3.63) is 41.0 Å². The Morgan fingerprint density at radius 1 is 1.34 bits per heavy atom. The zero-order valence-electron chi connectivity index (χ0n) is 15.8. The lowest BCUT2D eigenvalue weighted by Crippen LogP contribution is -2.39. The van der Waals surface area contributed by atoms with Crippen LogP contribution in [0.25, 0.3) is 22.0 Å². The number of fused-ring (bicyclic) bond motifs is 3. The summed E-state index contributed by atoms with van der Waals surface area (Å²) in [5.74, 6) is 0.846. The maximum absolute atomic E-state index is 11.5. The quantitative estimate of drug-likeness (QED) is 0.676. The van der Waals surface area contributed by atoms with Crippen LogP contribution in [0.4, 0.5) is 5.82 Å². The number of halogens is 1. The Morgan fingerprint density at radius 2 is 2.21 bits per heavy atom. The summed E-state index contributed by atoms with van der Waals surface area (Å²) in [6, 6.07) is 7.38. The van der Waals surface area contributed by atoms with Crippen LogP contribution in [0.3, 0.4) is 0 Å². The summed E-state index contributed by atoms with van der Waals surface area (Å²) >= 11 is 6.51. The topological polar surface area (TPSA) is 87.7 Å². The van der Waals surface area contributed by atoms with E-state index < -0.39 is 5.97 Å². The first-order valence-corrected chi connectivity index (χ1v) is 9.87. The molecule has 2 bridgehead atoms. The van der Waals surface area contributed by atoms with Gasteiger partial charge < -0.3 is 24.5 Å². The second-order valence-electron chi connectivity index (χ2n) is 7.57. The molecular weight excluding hydrogens is 394 g/mol. The van der Waals surface area contributed by atoms with E-state index >= 15 is 0 Å². The third-order valence-electron chi connectivity index (χ3n) is 5.72. The number of methoxy groups -OCH3 is 1. The smallest absolute Gasteiger partial charge is 0.337 e. The molecule has 5 rings (SSSR count). The highest BCUT2D eigenvalue weighted by Gasteiger charge is 2.34. The molecule has 8 heteroatoms. The Bertz CT molecular complexity index is 1100. The van der Waals surface area contributed by atoms with E-state index in [1.54, 1.807) is 19.2 Å². The van der Waals surface area contributed by atoms with Crippen LogP contribution < -0.4 is 9.64 Å². The summed E-state index contributed by atoms with van der Waals surface area (Å²) in [4.78, 5) is 21.4. The van der Waals surface area contributed by atoms with Gasteiger partial charge in [-0.3, -0.25) is 0 Å². The Hall–Kier alpha value is -2.77. The van der Waals surface area contributed by atoms with Gasteiger partial charge in [-0.1, -0.05) is 11.6 Å². The normalized spacial score (nSPS) is 21.0. The molecule has 0 spiro atoms. The molecule has 7 nitrogen and oxygen atoms in total. The van der Waals surface area contributed by atoms with Crippen LogP contribution in [0.1, 0.15) is 16.8 Å². The van der Waals surface area contributed by atoms with Crippen LogP contribution >= 0.6 is 11.6 Å². The minimum absolute atomic E-state index is 0.199. The van der Waals surface area contributed by atoms with Crippen molar-refractivity contribution < 1.29 is 19.4 Å². The third kappa shape index (κ3) is 3.10. The molecule has 2 unspecified atom stereocenters. The number of H-pyrrole nitrogens is 1. The predicted octanol–water partition coefficient (Wildman–Crippen LogP) is 3.82.